The van der Waals surface area contributed by atoms with Gasteiger partial charge in [-0.25, -0.2) is 19.3 Å². The molecule has 0 radical (unpaired) electrons. The molecule has 0 aliphatic heterocycles. The Morgan fingerprint density at radius 2 is 2.50 bits per heavy atom. The molecule has 2 rings (SSSR count). The molecule has 0 spiro atoms. The van der Waals surface area contributed by atoms with Crippen LogP contribution in [0.15, 0.2) is 17.2 Å². The summed E-state index contributed by atoms with van der Waals surface area (Å²) in [6, 6.07) is 2.07. The average Bonchev–Trinajstić information content (AvgIpc) is 2.60. The van der Waals surface area contributed by atoms with E-state index in [9.17, 15) is 4.79 Å². The molecule has 2 aromatic heterocycles. The number of hydrogen-bond donors (Lipinski definition) is 2. The molecule has 0 saturated carbocycles. The Labute approximate surface area is 96.5 Å². The highest BCUT2D eigenvalue weighted by Gasteiger charge is 2.05. The smallest absolute Gasteiger partial charge is 0.348 e. The van der Waals surface area contributed by atoms with Crippen molar-refractivity contribution in [2.75, 3.05) is 17.3 Å². The minimum atomic E-state index is -0.272. The van der Waals surface area contributed by atoms with Gasteiger partial charge in [-0.3, -0.25) is 0 Å². The number of rotatable bonds is 4. The summed E-state index contributed by atoms with van der Waals surface area (Å²) in [6.07, 6.45) is 3.53. The number of hydrogen-bond acceptors (Lipinski definition) is 5. The minimum absolute atomic E-state index is 0.272. The fourth-order valence-electron chi connectivity index (χ4n) is 1.43. The highest BCUT2D eigenvalue weighted by Crippen LogP contribution is 2.08. The molecule has 0 bridgehead atoms. The van der Waals surface area contributed by atoms with Crippen LogP contribution in [0.1, 0.15) is 6.92 Å². The van der Waals surface area contributed by atoms with Crippen molar-refractivity contribution in [1.29, 1.82) is 0 Å². The maximum atomic E-state index is 11.2. The summed E-state index contributed by atoms with van der Waals surface area (Å²) in [7, 11) is 0. The molecule has 0 aromatic carbocycles. The van der Waals surface area contributed by atoms with Crippen LogP contribution < -0.4 is 11.0 Å². The third-order valence-corrected chi connectivity index (χ3v) is 2.95. The number of nitrogens with one attached hydrogen (secondary N) is 2. The van der Waals surface area contributed by atoms with E-state index in [1.807, 2.05) is 0 Å². The molecule has 7 heteroatoms. The molecule has 16 heavy (non-hydrogen) atoms. The molecule has 1 atom stereocenters. The first-order valence-electron chi connectivity index (χ1n) is 4.89. The lowest BCUT2D eigenvalue weighted by atomic mass is 10.4. The predicted molar refractivity (Wildman–Crippen MR) is 65.1 cm³/mol. The Kier molecular flexibility index (Phi) is 3.14. The van der Waals surface area contributed by atoms with Crippen molar-refractivity contribution >= 4 is 23.2 Å². The maximum Gasteiger partial charge on any atom is 0.348 e. The zero-order chi connectivity index (χ0) is 11.5. The van der Waals surface area contributed by atoms with Crippen LogP contribution in [-0.2, 0) is 0 Å². The first-order valence-corrected chi connectivity index (χ1v) is 6.28. The summed E-state index contributed by atoms with van der Waals surface area (Å²) in [5.74, 6) is 1.73. The number of thioether (sulfide) groups is 1. The first-order chi connectivity index (χ1) is 7.70. The van der Waals surface area contributed by atoms with Gasteiger partial charge in [0.25, 0.3) is 0 Å². The van der Waals surface area contributed by atoms with Crippen LogP contribution in [-0.4, -0.2) is 37.6 Å². The number of aromatic amines is 1. The lowest BCUT2D eigenvalue weighted by Crippen LogP contribution is -2.19. The lowest BCUT2D eigenvalue weighted by Gasteiger charge is -2.12. The van der Waals surface area contributed by atoms with Gasteiger partial charge in [0.1, 0.15) is 12.1 Å². The normalized spacial score (nSPS) is 12.9. The highest BCUT2D eigenvalue weighted by atomic mass is 32.2. The van der Waals surface area contributed by atoms with Crippen LogP contribution in [0.4, 0.5) is 5.82 Å². The Balaban J connectivity index is 2.23. The van der Waals surface area contributed by atoms with Crippen molar-refractivity contribution in [2.45, 2.75) is 13.0 Å². The minimum Gasteiger partial charge on any atom is -0.367 e. The van der Waals surface area contributed by atoms with Gasteiger partial charge in [0.15, 0.2) is 5.65 Å². The van der Waals surface area contributed by atoms with Gasteiger partial charge in [0, 0.05) is 17.9 Å². The molecular weight excluding hydrogens is 226 g/mol. The fraction of sp³-hybridized carbons (Fsp3) is 0.444. The van der Waals surface area contributed by atoms with Crippen molar-refractivity contribution < 1.29 is 0 Å². The van der Waals surface area contributed by atoms with E-state index >= 15 is 0 Å². The largest absolute Gasteiger partial charge is 0.367 e. The zero-order valence-electron chi connectivity index (χ0n) is 9.10. The quantitative estimate of drug-likeness (QED) is 0.816. The number of aromatic nitrogens is 4. The van der Waals surface area contributed by atoms with E-state index in [2.05, 4.69) is 33.7 Å². The molecule has 0 aliphatic rings. The summed E-state index contributed by atoms with van der Waals surface area (Å²) in [6.45, 7) is 2.08. The molecule has 0 saturated heterocycles. The van der Waals surface area contributed by atoms with Crippen molar-refractivity contribution in [3.8, 4) is 0 Å². The predicted octanol–water partition coefficient (Wildman–Crippen LogP) is 0.581. The Bertz CT molecular complexity index is 534. The third kappa shape index (κ3) is 2.19. The van der Waals surface area contributed by atoms with E-state index in [0.717, 1.165) is 11.6 Å². The van der Waals surface area contributed by atoms with E-state index in [1.165, 1.54) is 10.7 Å². The van der Waals surface area contributed by atoms with Gasteiger partial charge in [-0.1, -0.05) is 0 Å². The van der Waals surface area contributed by atoms with E-state index < -0.39 is 0 Å². The van der Waals surface area contributed by atoms with Gasteiger partial charge >= 0.3 is 5.69 Å². The summed E-state index contributed by atoms with van der Waals surface area (Å²) in [5.41, 5.74) is 0.296. The van der Waals surface area contributed by atoms with Crippen molar-refractivity contribution in [2.24, 2.45) is 0 Å². The van der Waals surface area contributed by atoms with Crippen LogP contribution >= 0.6 is 11.8 Å². The Morgan fingerprint density at radius 1 is 1.69 bits per heavy atom. The molecule has 2 aromatic rings. The zero-order valence-corrected chi connectivity index (χ0v) is 9.91. The second kappa shape index (κ2) is 4.56. The Hall–Kier alpha value is -1.50. The van der Waals surface area contributed by atoms with Gasteiger partial charge in [0.2, 0.25) is 0 Å². The van der Waals surface area contributed by atoms with E-state index in [1.54, 1.807) is 17.8 Å². The number of H-pyrrole nitrogens is 1. The molecule has 2 heterocycles. The first kappa shape index (κ1) is 11.0. The number of nitrogens with zero attached hydrogens (tertiary/aromatic N) is 3. The topological polar surface area (TPSA) is 75.1 Å². The second-order valence-corrected chi connectivity index (χ2v) is 4.44. The molecule has 86 valence electrons. The van der Waals surface area contributed by atoms with Crippen molar-refractivity contribution in [3.05, 3.63) is 22.9 Å². The number of fused-ring (bicyclic) bond motifs is 1. The van der Waals surface area contributed by atoms with Gasteiger partial charge in [-0.15, -0.1) is 0 Å². The van der Waals surface area contributed by atoms with Gasteiger partial charge in [0.05, 0.1) is 0 Å². The molecule has 0 amide bonds. The third-order valence-electron chi connectivity index (χ3n) is 2.12. The highest BCUT2D eigenvalue weighted by molar-refractivity contribution is 7.98. The van der Waals surface area contributed by atoms with Crippen molar-refractivity contribution in [1.82, 2.24) is 19.6 Å². The van der Waals surface area contributed by atoms with Gasteiger partial charge in [-0.05, 0) is 13.2 Å². The van der Waals surface area contributed by atoms with E-state index in [-0.39, 0.29) is 5.69 Å². The summed E-state index contributed by atoms with van der Waals surface area (Å²) >= 11 is 1.77. The molecule has 2 N–H and O–H groups in total. The van der Waals surface area contributed by atoms with Crippen LogP contribution in [0.25, 0.3) is 5.65 Å². The lowest BCUT2D eigenvalue weighted by molar-refractivity contribution is 0.896. The van der Waals surface area contributed by atoms with Crippen LogP contribution in [0.3, 0.4) is 0 Å². The molecular formula is C9H13N5OS. The second-order valence-electron chi connectivity index (χ2n) is 3.53. The summed E-state index contributed by atoms with van der Waals surface area (Å²) in [5, 5.41) is 9.48. The van der Waals surface area contributed by atoms with Crippen LogP contribution in [0.5, 0.6) is 0 Å². The molecule has 0 aliphatic carbocycles. The van der Waals surface area contributed by atoms with Crippen molar-refractivity contribution in [3.63, 3.8) is 0 Å². The fourth-order valence-corrected chi connectivity index (χ4v) is 2.02. The average molecular weight is 239 g/mol. The molecule has 6 nitrogen and oxygen atoms in total. The Morgan fingerprint density at radius 3 is 3.25 bits per heavy atom. The van der Waals surface area contributed by atoms with Crippen LogP contribution in [0, 0.1) is 0 Å². The summed E-state index contributed by atoms with van der Waals surface area (Å²) < 4.78 is 1.37. The van der Waals surface area contributed by atoms with Crippen LogP contribution in [0.2, 0.25) is 0 Å². The summed E-state index contributed by atoms with van der Waals surface area (Å²) in [4.78, 5) is 15.3. The number of anilines is 1. The van der Waals surface area contributed by atoms with Gasteiger partial charge < -0.3 is 5.32 Å². The molecule has 0 fully saturated rings. The monoisotopic (exact) mass is 239 g/mol. The van der Waals surface area contributed by atoms with Gasteiger partial charge in [-0.2, -0.15) is 16.9 Å². The van der Waals surface area contributed by atoms with E-state index in [4.69, 9.17) is 0 Å². The standard InChI is InChI=1S/C9H13N5OS/c1-6(4-16-2)11-7-3-8-12-13-9(15)14(8)5-10-7/h3,5-6,11H,4H2,1-2H3,(H,13,15). The van der Waals surface area contributed by atoms with E-state index in [0.29, 0.717) is 11.7 Å². The maximum absolute atomic E-state index is 11.2. The molecule has 1 unspecified atom stereocenters. The SMILES string of the molecule is CSCC(C)Nc1cc2n[nH]c(=O)n2cn1.